The molecule has 5 heteroatoms. The average Bonchev–Trinajstić information content (AvgIpc) is 3.34. The molecule has 1 aliphatic heterocycles. The molecule has 0 radical (unpaired) electrons. The first-order valence-electron chi connectivity index (χ1n) is 13.3. The van der Waals surface area contributed by atoms with Gasteiger partial charge in [0.25, 0.3) is 0 Å². The highest BCUT2D eigenvalue weighted by molar-refractivity contribution is 5.94. The maximum atomic E-state index is 12.8. The van der Waals surface area contributed by atoms with Crippen LogP contribution < -0.4 is 10.2 Å². The molecule has 1 heterocycles. The fourth-order valence-corrected chi connectivity index (χ4v) is 5.45. The predicted octanol–water partition coefficient (Wildman–Crippen LogP) is 6.03. The van der Waals surface area contributed by atoms with Crippen molar-refractivity contribution in [3.05, 3.63) is 53.6 Å². The Balaban J connectivity index is 1.41. The van der Waals surface area contributed by atoms with E-state index >= 15 is 0 Å². The van der Waals surface area contributed by atoms with Gasteiger partial charge in [-0.25, -0.2) is 0 Å². The van der Waals surface area contributed by atoms with Crippen molar-refractivity contribution < 1.29 is 14.3 Å². The number of ether oxygens (including phenoxy) is 1. The maximum Gasteiger partial charge on any atom is 0.323 e. The number of nitrogens with one attached hydrogen (secondary N) is 1. The molecular formula is C30H40N2O3. The Labute approximate surface area is 210 Å². The molecular weight excluding hydrogens is 436 g/mol. The molecule has 0 unspecified atom stereocenters. The lowest BCUT2D eigenvalue weighted by molar-refractivity contribution is -0.151. The van der Waals surface area contributed by atoms with E-state index in [-0.39, 0.29) is 30.1 Å². The average molecular weight is 477 g/mol. The van der Waals surface area contributed by atoms with Crippen LogP contribution in [0.3, 0.4) is 0 Å². The second kappa shape index (κ2) is 11.4. The predicted molar refractivity (Wildman–Crippen MR) is 141 cm³/mol. The Bertz CT molecular complexity index is 1020. The fourth-order valence-electron chi connectivity index (χ4n) is 5.45. The lowest BCUT2D eigenvalue weighted by atomic mass is 9.93. The van der Waals surface area contributed by atoms with Gasteiger partial charge in [0, 0.05) is 25.2 Å². The van der Waals surface area contributed by atoms with Crippen LogP contribution >= 0.6 is 0 Å². The van der Waals surface area contributed by atoms with Gasteiger partial charge in [0.05, 0.1) is 0 Å². The van der Waals surface area contributed by atoms with Gasteiger partial charge in [-0.1, -0.05) is 44.2 Å². The van der Waals surface area contributed by atoms with E-state index in [4.69, 9.17) is 4.74 Å². The van der Waals surface area contributed by atoms with Crippen LogP contribution in [-0.2, 0) is 27.3 Å². The van der Waals surface area contributed by atoms with Crippen molar-refractivity contribution in [1.82, 2.24) is 5.32 Å². The SMILES string of the molecule is CC(=O)N1c2ccc(-c3ccc(CN[C@@H](CC(C)C)C(=O)OC4CCCC4)cc3)cc2CC[C@@H]1C. The van der Waals surface area contributed by atoms with E-state index in [1.165, 1.54) is 11.1 Å². The lowest BCUT2D eigenvalue weighted by Crippen LogP contribution is -2.40. The van der Waals surface area contributed by atoms with E-state index in [0.717, 1.165) is 61.8 Å². The first-order valence-corrected chi connectivity index (χ1v) is 13.3. The summed E-state index contributed by atoms with van der Waals surface area (Å²) in [5.41, 5.74) is 5.74. The van der Waals surface area contributed by atoms with Crippen molar-refractivity contribution in [2.75, 3.05) is 4.90 Å². The second-order valence-corrected chi connectivity index (χ2v) is 10.7. The first kappa shape index (κ1) is 25.4. The van der Waals surface area contributed by atoms with Crippen molar-refractivity contribution in [2.45, 2.75) is 97.4 Å². The van der Waals surface area contributed by atoms with Gasteiger partial charge >= 0.3 is 5.97 Å². The van der Waals surface area contributed by atoms with E-state index in [2.05, 4.69) is 68.6 Å². The number of nitrogens with zero attached hydrogens (tertiary/aromatic N) is 1. The molecule has 1 saturated carbocycles. The summed E-state index contributed by atoms with van der Waals surface area (Å²) in [5.74, 6) is 0.410. The zero-order valence-corrected chi connectivity index (χ0v) is 21.7. The molecule has 1 fully saturated rings. The van der Waals surface area contributed by atoms with Gasteiger partial charge in [-0.05, 0) is 92.2 Å². The molecule has 35 heavy (non-hydrogen) atoms. The van der Waals surface area contributed by atoms with Gasteiger partial charge in [-0.2, -0.15) is 0 Å². The van der Waals surface area contributed by atoms with Gasteiger partial charge < -0.3 is 15.0 Å². The molecule has 0 saturated heterocycles. The molecule has 1 amide bonds. The van der Waals surface area contributed by atoms with Crippen LogP contribution in [-0.4, -0.2) is 30.1 Å². The van der Waals surface area contributed by atoms with Gasteiger partial charge in [0.2, 0.25) is 5.91 Å². The van der Waals surface area contributed by atoms with Gasteiger partial charge in [0.15, 0.2) is 0 Å². The number of aryl methyl sites for hydroxylation is 1. The zero-order chi connectivity index (χ0) is 24.9. The largest absolute Gasteiger partial charge is 0.461 e. The Kier molecular flexibility index (Phi) is 8.27. The third-order valence-electron chi connectivity index (χ3n) is 7.37. The topological polar surface area (TPSA) is 58.6 Å². The minimum Gasteiger partial charge on any atom is -0.461 e. The highest BCUT2D eigenvalue weighted by Crippen LogP contribution is 2.34. The molecule has 4 rings (SSSR count). The molecule has 5 nitrogen and oxygen atoms in total. The van der Waals surface area contributed by atoms with Crippen molar-refractivity contribution in [3.63, 3.8) is 0 Å². The quantitative estimate of drug-likeness (QED) is 0.473. The number of hydrogen-bond donors (Lipinski definition) is 1. The van der Waals surface area contributed by atoms with Crippen LogP contribution in [0, 0.1) is 5.92 Å². The number of carbonyl (C=O) groups is 2. The Morgan fingerprint density at radius 3 is 2.37 bits per heavy atom. The van der Waals surface area contributed by atoms with Crippen LogP contribution in [0.1, 0.15) is 77.3 Å². The number of carbonyl (C=O) groups excluding carboxylic acids is 2. The number of amides is 1. The summed E-state index contributed by atoms with van der Waals surface area (Å²) < 4.78 is 5.79. The highest BCUT2D eigenvalue weighted by Gasteiger charge is 2.27. The summed E-state index contributed by atoms with van der Waals surface area (Å²) in [6.45, 7) is 8.67. The summed E-state index contributed by atoms with van der Waals surface area (Å²) in [7, 11) is 0. The van der Waals surface area contributed by atoms with Crippen LogP contribution in [0.2, 0.25) is 0 Å². The van der Waals surface area contributed by atoms with Crippen molar-refractivity contribution in [1.29, 1.82) is 0 Å². The first-order chi connectivity index (χ1) is 16.8. The summed E-state index contributed by atoms with van der Waals surface area (Å²) in [6, 6.07) is 14.9. The van der Waals surface area contributed by atoms with E-state index < -0.39 is 0 Å². The van der Waals surface area contributed by atoms with Gasteiger partial charge in [-0.3, -0.25) is 9.59 Å². The van der Waals surface area contributed by atoms with E-state index in [0.29, 0.717) is 12.5 Å². The third-order valence-corrected chi connectivity index (χ3v) is 7.37. The normalized spacial score (nSPS) is 19.0. The summed E-state index contributed by atoms with van der Waals surface area (Å²) in [5, 5.41) is 3.45. The molecule has 2 aliphatic rings. The van der Waals surface area contributed by atoms with Crippen LogP contribution in [0.25, 0.3) is 11.1 Å². The molecule has 2 atom stereocenters. The van der Waals surface area contributed by atoms with Crippen molar-refractivity contribution >= 4 is 17.6 Å². The molecule has 0 aromatic heterocycles. The lowest BCUT2D eigenvalue weighted by Gasteiger charge is -2.34. The number of esters is 1. The zero-order valence-electron chi connectivity index (χ0n) is 21.7. The van der Waals surface area contributed by atoms with E-state index in [1.807, 2.05) is 4.90 Å². The summed E-state index contributed by atoms with van der Waals surface area (Å²) >= 11 is 0. The highest BCUT2D eigenvalue weighted by atomic mass is 16.5. The standard InChI is InChI=1S/C30H40N2O3/c1-20(2)17-28(30(34)35-27-7-5-6-8-27)31-19-23-10-13-24(14-11-23)25-15-16-29-26(18-25)12-9-21(3)32(29)22(4)33/h10-11,13-16,18,20-21,27-28,31H,5-9,12,17,19H2,1-4H3/t21-,28-/m0/s1. The minimum absolute atomic E-state index is 0.0978. The molecule has 2 aromatic rings. The molecule has 1 aliphatic carbocycles. The van der Waals surface area contributed by atoms with Crippen molar-refractivity contribution in [2.24, 2.45) is 5.92 Å². The van der Waals surface area contributed by atoms with E-state index in [1.54, 1.807) is 6.92 Å². The van der Waals surface area contributed by atoms with Crippen LogP contribution in [0.4, 0.5) is 5.69 Å². The number of anilines is 1. The minimum atomic E-state index is -0.275. The van der Waals surface area contributed by atoms with Crippen LogP contribution in [0.5, 0.6) is 0 Å². The molecule has 2 aromatic carbocycles. The number of rotatable bonds is 8. The van der Waals surface area contributed by atoms with Crippen molar-refractivity contribution in [3.8, 4) is 11.1 Å². The maximum absolute atomic E-state index is 12.8. The number of fused-ring (bicyclic) bond motifs is 1. The number of benzene rings is 2. The molecule has 0 bridgehead atoms. The Morgan fingerprint density at radius 2 is 1.71 bits per heavy atom. The fraction of sp³-hybridized carbons (Fsp3) is 0.533. The Morgan fingerprint density at radius 1 is 1.03 bits per heavy atom. The van der Waals surface area contributed by atoms with Gasteiger partial charge in [-0.15, -0.1) is 0 Å². The third kappa shape index (κ3) is 6.32. The smallest absolute Gasteiger partial charge is 0.323 e. The summed E-state index contributed by atoms with van der Waals surface area (Å²) in [4.78, 5) is 26.9. The molecule has 0 spiro atoms. The molecule has 1 N–H and O–H groups in total. The van der Waals surface area contributed by atoms with Gasteiger partial charge in [0.1, 0.15) is 12.1 Å². The Hall–Kier alpha value is -2.66. The monoisotopic (exact) mass is 476 g/mol. The summed E-state index contributed by atoms with van der Waals surface area (Å²) in [6.07, 6.45) is 7.16. The second-order valence-electron chi connectivity index (χ2n) is 10.7. The van der Waals surface area contributed by atoms with E-state index in [9.17, 15) is 9.59 Å². The van der Waals surface area contributed by atoms with Crippen LogP contribution in [0.15, 0.2) is 42.5 Å². The number of hydrogen-bond acceptors (Lipinski definition) is 4. The molecule has 188 valence electrons.